The van der Waals surface area contributed by atoms with E-state index >= 15 is 0 Å². The average Bonchev–Trinajstić information content (AvgIpc) is 3.30. The highest BCUT2D eigenvalue weighted by molar-refractivity contribution is 5.81. The number of piperidine rings is 1. The molecule has 0 saturated carbocycles. The highest BCUT2D eigenvalue weighted by Crippen LogP contribution is 2.43. The Morgan fingerprint density at radius 3 is 2.50 bits per heavy atom. The third-order valence-electron chi connectivity index (χ3n) is 6.23. The number of hydrogen-bond donors (Lipinski definition) is 0. The molecule has 3 aliphatic rings. The van der Waals surface area contributed by atoms with E-state index in [-0.39, 0.29) is 30.4 Å². The van der Waals surface area contributed by atoms with Gasteiger partial charge in [-0.2, -0.15) is 0 Å². The number of likely N-dealkylation sites (tertiary alicyclic amines) is 2. The molecule has 28 heavy (non-hydrogen) atoms. The second-order valence-electron chi connectivity index (χ2n) is 8.14. The van der Waals surface area contributed by atoms with Crippen molar-refractivity contribution in [1.82, 2.24) is 9.80 Å². The Kier molecular flexibility index (Phi) is 5.53. The van der Waals surface area contributed by atoms with Crippen molar-refractivity contribution >= 4 is 11.9 Å². The van der Waals surface area contributed by atoms with Gasteiger partial charge in [0.2, 0.25) is 0 Å². The van der Waals surface area contributed by atoms with Crippen molar-refractivity contribution in [1.29, 1.82) is 0 Å². The van der Waals surface area contributed by atoms with Crippen LogP contribution in [0.1, 0.15) is 32.1 Å². The number of hydrogen-bond acceptors (Lipinski definition) is 5. The molecule has 3 heterocycles. The molecule has 6 nitrogen and oxygen atoms in total. The summed E-state index contributed by atoms with van der Waals surface area (Å²) in [6, 6.07) is 5.61. The van der Waals surface area contributed by atoms with Crippen LogP contribution in [-0.2, 0) is 14.3 Å². The highest BCUT2D eigenvalue weighted by Gasteiger charge is 2.51. The molecule has 1 spiro atoms. The van der Waals surface area contributed by atoms with Crippen LogP contribution in [0.5, 0.6) is 5.75 Å². The Morgan fingerprint density at radius 2 is 1.82 bits per heavy atom. The summed E-state index contributed by atoms with van der Waals surface area (Å²) in [6.45, 7) is 4.02. The summed E-state index contributed by atoms with van der Waals surface area (Å²) in [7, 11) is 0. The molecule has 1 unspecified atom stereocenters. The number of halogens is 1. The summed E-state index contributed by atoms with van der Waals surface area (Å²) in [6.07, 6.45) is 4.48. The summed E-state index contributed by atoms with van der Waals surface area (Å²) in [5, 5.41) is 0. The van der Waals surface area contributed by atoms with Crippen LogP contribution in [0.2, 0.25) is 0 Å². The monoisotopic (exact) mass is 390 g/mol. The van der Waals surface area contributed by atoms with Gasteiger partial charge in [-0.15, -0.1) is 0 Å². The lowest BCUT2D eigenvalue weighted by atomic mass is 9.76. The molecule has 0 radical (unpaired) electrons. The summed E-state index contributed by atoms with van der Waals surface area (Å²) in [4.78, 5) is 29.1. The van der Waals surface area contributed by atoms with E-state index in [0.29, 0.717) is 31.7 Å². The molecule has 0 N–H and O–H groups in total. The van der Waals surface area contributed by atoms with E-state index in [1.807, 2.05) is 0 Å². The Balaban J connectivity index is 1.25. The van der Waals surface area contributed by atoms with Gasteiger partial charge in [-0.25, -0.2) is 4.39 Å². The van der Waals surface area contributed by atoms with Gasteiger partial charge in [0, 0.05) is 26.1 Å². The largest absolute Gasteiger partial charge is 0.484 e. The lowest BCUT2D eigenvalue weighted by Gasteiger charge is -2.36. The van der Waals surface area contributed by atoms with Gasteiger partial charge in [0.25, 0.3) is 5.91 Å². The van der Waals surface area contributed by atoms with Gasteiger partial charge in [0.1, 0.15) is 17.7 Å². The van der Waals surface area contributed by atoms with E-state index in [4.69, 9.17) is 9.47 Å². The molecule has 1 amide bonds. The third kappa shape index (κ3) is 4.14. The molecular formula is C21H27FN2O4. The van der Waals surface area contributed by atoms with Crippen LogP contribution in [-0.4, -0.2) is 67.1 Å². The maximum Gasteiger partial charge on any atom is 0.312 e. The number of esters is 1. The summed E-state index contributed by atoms with van der Waals surface area (Å²) >= 11 is 0. The maximum absolute atomic E-state index is 12.9. The van der Waals surface area contributed by atoms with E-state index in [2.05, 4.69) is 4.90 Å². The van der Waals surface area contributed by atoms with Crippen molar-refractivity contribution < 1.29 is 23.5 Å². The Labute approximate surface area is 164 Å². The molecule has 3 aliphatic heterocycles. The van der Waals surface area contributed by atoms with Gasteiger partial charge in [-0.3, -0.25) is 14.5 Å². The second kappa shape index (κ2) is 8.07. The molecule has 3 saturated heterocycles. The molecule has 7 heteroatoms. The predicted octanol–water partition coefficient (Wildman–Crippen LogP) is 2.22. The van der Waals surface area contributed by atoms with E-state index in [9.17, 15) is 14.0 Å². The number of amides is 1. The maximum atomic E-state index is 12.9. The number of rotatable bonds is 5. The molecule has 1 atom stereocenters. The third-order valence-corrected chi connectivity index (χ3v) is 6.23. The van der Waals surface area contributed by atoms with E-state index in [1.54, 1.807) is 4.90 Å². The number of cyclic esters (lactones) is 1. The molecular weight excluding hydrogens is 363 g/mol. The number of ether oxygens (including phenoxy) is 2. The van der Waals surface area contributed by atoms with Crippen molar-refractivity contribution in [3.05, 3.63) is 30.1 Å². The van der Waals surface area contributed by atoms with Gasteiger partial charge in [0.15, 0.2) is 6.61 Å². The minimum atomic E-state index is -0.432. The number of carbonyl (C=O) groups is 2. The summed E-state index contributed by atoms with van der Waals surface area (Å²) < 4.78 is 24.1. The van der Waals surface area contributed by atoms with Crippen molar-refractivity contribution in [3.63, 3.8) is 0 Å². The van der Waals surface area contributed by atoms with Gasteiger partial charge in [0.05, 0.1) is 5.41 Å². The first kappa shape index (κ1) is 19.2. The van der Waals surface area contributed by atoms with Gasteiger partial charge in [-0.1, -0.05) is 0 Å². The Hall–Kier alpha value is -2.15. The lowest BCUT2D eigenvalue weighted by Crippen LogP contribution is -2.46. The normalized spacial score (nSPS) is 24.5. The van der Waals surface area contributed by atoms with Crippen LogP contribution in [0.3, 0.4) is 0 Å². The summed E-state index contributed by atoms with van der Waals surface area (Å²) in [5.74, 6) is -0.0793. The minimum Gasteiger partial charge on any atom is -0.484 e. The molecule has 4 rings (SSSR count). The zero-order valence-corrected chi connectivity index (χ0v) is 16.1. The van der Waals surface area contributed by atoms with Crippen LogP contribution >= 0.6 is 0 Å². The van der Waals surface area contributed by atoms with Crippen molar-refractivity contribution in [2.45, 2.75) is 38.2 Å². The first-order valence-corrected chi connectivity index (χ1v) is 10.1. The fraction of sp³-hybridized carbons (Fsp3) is 0.619. The zero-order valence-electron chi connectivity index (χ0n) is 16.1. The number of nitrogens with zero attached hydrogens (tertiary/aromatic N) is 2. The standard InChI is InChI=1S/C21H27FN2O4/c22-16-3-5-17(6-4-16)27-15-19(25)24-11-7-21(8-12-24)13-18(28-20(21)26)14-23-9-1-2-10-23/h3-6,18H,1-2,7-15H2. The van der Waals surface area contributed by atoms with Crippen LogP contribution < -0.4 is 4.74 Å². The van der Waals surface area contributed by atoms with Crippen LogP contribution in [0.25, 0.3) is 0 Å². The summed E-state index contributed by atoms with van der Waals surface area (Å²) in [5.41, 5.74) is -0.432. The fourth-order valence-electron chi connectivity index (χ4n) is 4.55. The molecule has 152 valence electrons. The highest BCUT2D eigenvalue weighted by atomic mass is 19.1. The van der Waals surface area contributed by atoms with E-state index in [1.165, 1.54) is 37.1 Å². The Morgan fingerprint density at radius 1 is 1.14 bits per heavy atom. The number of carbonyl (C=O) groups excluding carboxylic acids is 2. The van der Waals surface area contributed by atoms with E-state index in [0.717, 1.165) is 26.1 Å². The lowest BCUT2D eigenvalue weighted by molar-refractivity contribution is -0.153. The predicted molar refractivity (Wildman–Crippen MR) is 100 cm³/mol. The van der Waals surface area contributed by atoms with Gasteiger partial charge in [-0.05, 0) is 63.0 Å². The van der Waals surface area contributed by atoms with Crippen LogP contribution in [0.4, 0.5) is 4.39 Å². The SMILES string of the molecule is O=C(COc1ccc(F)cc1)N1CCC2(CC1)CC(CN1CCCC1)OC2=O. The molecule has 0 aliphatic carbocycles. The quantitative estimate of drug-likeness (QED) is 0.722. The molecule has 0 aromatic heterocycles. The van der Waals surface area contributed by atoms with Crippen molar-refractivity contribution in [2.75, 3.05) is 39.3 Å². The van der Waals surface area contributed by atoms with Crippen molar-refractivity contribution in [2.24, 2.45) is 5.41 Å². The zero-order chi connectivity index (χ0) is 19.6. The van der Waals surface area contributed by atoms with Crippen molar-refractivity contribution in [3.8, 4) is 5.75 Å². The van der Waals surface area contributed by atoms with E-state index < -0.39 is 5.41 Å². The van der Waals surface area contributed by atoms with Gasteiger partial charge >= 0.3 is 5.97 Å². The first-order valence-electron chi connectivity index (χ1n) is 10.1. The van der Waals surface area contributed by atoms with Gasteiger partial charge < -0.3 is 14.4 Å². The van der Waals surface area contributed by atoms with Crippen LogP contribution in [0, 0.1) is 11.2 Å². The number of benzene rings is 1. The topological polar surface area (TPSA) is 59.1 Å². The Bertz CT molecular complexity index is 710. The minimum absolute atomic E-state index is 0.0188. The van der Waals surface area contributed by atoms with Crippen LogP contribution in [0.15, 0.2) is 24.3 Å². The average molecular weight is 390 g/mol. The molecule has 3 fully saturated rings. The second-order valence-corrected chi connectivity index (χ2v) is 8.14. The molecule has 0 bridgehead atoms. The fourth-order valence-corrected chi connectivity index (χ4v) is 4.55. The molecule has 1 aromatic carbocycles. The molecule has 1 aromatic rings. The smallest absolute Gasteiger partial charge is 0.312 e. The first-order chi connectivity index (χ1) is 13.5.